The van der Waals surface area contributed by atoms with Crippen LogP contribution in [0.2, 0.25) is 0 Å². The number of carbonyl (C=O) groups is 1. The molecule has 0 aliphatic carbocycles. The summed E-state index contributed by atoms with van der Waals surface area (Å²) >= 11 is 6.51. The fraction of sp³-hybridized carbons (Fsp3) is 0.0588. The summed E-state index contributed by atoms with van der Waals surface area (Å²) in [5, 5.41) is 0. The Morgan fingerprint density at radius 1 is 1.22 bits per heavy atom. The minimum atomic E-state index is -0.345. The van der Waals surface area contributed by atoms with E-state index in [0.29, 0.717) is 26.2 Å². The first-order chi connectivity index (χ1) is 11.1. The molecule has 1 fully saturated rings. The second kappa shape index (κ2) is 6.52. The van der Waals surface area contributed by atoms with E-state index in [1.54, 1.807) is 49.6 Å². The van der Waals surface area contributed by atoms with E-state index < -0.39 is 0 Å². The number of methoxy groups -OCH3 is 1. The van der Waals surface area contributed by atoms with Gasteiger partial charge in [0, 0.05) is 6.07 Å². The van der Waals surface area contributed by atoms with Crippen LogP contribution < -0.4 is 9.64 Å². The fourth-order valence-electron chi connectivity index (χ4n) is 2.19. The van der Waals surface area contributed by atoms with Crippen LogP contribution in [0.15, 0.2) is 53.4 Å². The van der Waals surface area contributed by atoms with Crippen molar-refractivity contribution in [2.75, 3.05) is 12.0 Å². The van der Waals surface area contributed by atoms with E-state index in [9.17, 15) is 9.18 Å². The van der Waals surface area contributed by atoms with E-state index in [0.717, 1.165) is 0 Å². The van der Waals surface area contributed by atoms with Crippen LogP contribution in [0.25, 0.3) is 6.08 Å². The van der Waals surface area contributed by atoms with Crippen molar-refractivity contribution >= 4 is 46.0 Å². The van der Waals surface area contributed by atoms with Crippen LogP contribution in [-0.2, 0) is 4.79 Å². The van der Waals surface area contributed by atoms with Crippen LogP contribution in [0.3, 0.4) is 0 Å². The summed E-state index contributed by atoms with van der Waals surface area (Å²) in [6, 6.07) is 13.2. The quantitative estimate of drug-likeness (QED) is 0.615. The van der Waals surface area contributed by atoms with E-state index >= 15 is 0 Å². The molecular weight excluding hydrogens is 333 g/mol. The van der Waals surface area contributed by atoms with E-state index in [4.69, 9.17) is 17.0 Å². The minimum absolute atomic E-state index is 0.225. The van der Waals surface area contributed by atoms with Crippen LogP contribution in [-0.4, -0.2) is 17.3 Å². The van der Waals surface area contributed by atoms with Crippen molar-refractivity contribution in [2.24, 2.45) is 0 Å². The number of nitrogens with zero attached hydrogens (tertiary/aromatic N) is 1. The van der Waals surface area contributed by atoms with Gasteiger partial charge < -0.3 is 4.74 Å². The molecule has 0 atom stereocenters. The number of benzene rings is 2. The molecule has 3 rings (SSSR count). The third-order valence-corrected chi connectivity index (χ3v) is 4.55. The van der Waals surface area contributed by atoms with E-state index in [2.05, 4.69) is 0 Å². The maximum absolute atomic E-state index is 13.3. The SMILES string of the molecule is COc1cccc(N2C(=O)/C(=C/c3cccc(F)c3)SC2=S)c1. The maximum Gasteiger partial charge on any atom is 0.270 e. The summed E-state index contributed by atoms with van der Waals surface area (Å²) in [6.07, 6.45) is 1.64. The third-order valence-electron chi connectivity index (χ3n) is 3.25. The molecule has 0 radical (unpaired) electrons. The summed E-state index contributed by atoms with van der Waals surface area (Å²) in [4.78, 5) is 14.5. The molecular formula is C17H12FNO2S2. The zero-order valence-electron chi connectivity index (χ0n) is 12.2. The molecule has 1 aliphatic rings. The van der Waals surface area contributed by atoms with Gasteiger partial charge in [-0.3, -0.25) is 9.69 Å². The zero-order valence-corrected chi connectivity index (χ0v) is 13.8. The summed E-state index contributed by atoms with van der Waals surface area (Å²) in [5.41, 5.74) is 1.27. The van der Waals surface area contributed by atoms with Gasteiger partial charge >= 0.3 is 0 Å². The fourth-order valence-corrected chi connectivity index (χ4v) is 3.49. The van der Waals surface area contributed by atoms with Gasteiger partial charge in [0.15, 0.2) is 4.32 Å². The average Bonchev–Trinajstić information content (AvgIpc) is 2.81. The van der Waals surface area contributed by atoms with Gasteiger partial charge in [0.1, 0.15) is 11.6 Å². The molecule has 3 nitrogen and oxygen atoms in total. The molecule has 1 heterocycles. The van der Waals surface area contributed by atoms with Crippen LogP contribution in [0, 0.1) is 5.82 Å². The van der Waals surface area contributed by atoms with E-state index in [1.807, 2.05) is 0 Å². The van der Waals surface area contributed by atoms with Crippen molar-refractivity contribution in [1.29, 1.82) is 0 Å². The third kappa shape index (κ3) is 3.28. The summed E-state index contributed by atoms with van der Waals surface area (Å²) in [5.74, 6) is 0.0743. The van der Waals surface area contributed by atoms with E-state index in [1.165, 1.54) is 28.8 Å². The zero-order chi connectivity index (χ0) is 16.4. The van der Waals surface area contributed by atoms with Crippen LogP contribution in [0.5, 0.6) is 5.75 Å². The molecule has 6 heteroatoms. The monoisotopic (exact) mass is 345 g/mol. The largest absolute Gasteiger partial charge is 0.497 e. The molecule has 0 bridgehead atoms. The highest BCUT2D eigenvalue weighted by atomic mass is 32.2. The summed E-state index contributed by atoms with van der Waals surface area (Å²) in [7, 11) is 1.56. The Morgan fingerprint density at radius 3 is 2.74 bits per heavy atom. The molecule has 116 valence electrons. The molecule has 0 saturated carbocycles. The van der Waals surface area contributed by atoms with Crippen LogP contribution >= 0.6 is 24.0 Å². The molecule has 0 spiro atoms. The number of amides is 1. The minimum Gasteiger partial charge on any atom is -0.497 e. The summed E-state index contributed by atoms with van der Waals surface area (Å²) in [6.45, 7) is 0. The number of ether oxygens (including phenoxy) is 1. The highest BCUT2D eigenvalue weighted by Gasteiger charge is 2.33. The molecule has 23 heavy (non-hydrogen) atoms. The molecule has 2 aromatic rings. The molecule has 0 N–H and O–H groups in total. The predicted molar refractivity (Wildman–Crippen MR) is 95.0 cm³/mol. The number of hydrogen-bond donors (Lipinski definition) is 0. The Morgan fingerprint density at radius 2 is 2.00 bits per heavy atom. The number of hydrogen-bond acceptors (Lipinski definition) is 4. The maximum atomic E-state index is 13.3. The van der Waals surface area contributed by atoms with Crippen molar-refractivity contribution in [3.05, 3.63) is 64.8 Å². The number of thioether (sulfide) groups is 1. The second-order valence-electron chi connectivity index (χ2n) is 4.77. The van der Waals surface area contributed by atoms with E-state index in [-0.39, 0.29) is 11.7 Å². The van der Waals surface area contributed by atoms with Gasteiger partial charge in [-0.25, -0.2) is 4.39 Å². The number of rotatable bonds is 3. The van der Waals surface area contributed by atoms with Crippen molar-refractivity contribution in [2.45, 2.75) is 0 Å². The van der Waals surface area contributed by atoms with Crippen molar-refractivity contribution in [1.82, 2.24) is 0 Å². The number of carbonyl (C=O) groups excluding carboxylic acids is 1. The smallest absolute Gasteiger partial charge is 0.270 e. The Balaban J connectivity index is 1.93. The van der Waals surface area contributed by atoms with Gasteiger partial charge in [-0.2, -0.15) is 0 Å². The first-order valence-corrected chi connectivity index (χ1v) is 7.98. The van der Waals surface area contributed by atoms with Gasteiger partial charge in [-0.1, -0.05) is 42.2 Å². The highest BCUT2D eigenvalue weighted by molar-refractivity contribution is 8.27. The lowest BCUT2D eigenvalue weighted by molar-refractivity contribution is -0.113. The van der Waals surface area contributed by atoms with Gasteiger partial charge in [-0.05, 0) is 35.9 Å². The number of thiocarbonyl (C=S) groups is 1. The van der Waals surface area contributed by atoms with Crippen molar-refractivity contribution in [3.63, 3.8) is 0 Å². The first kappa shape index (κ1) is 15.7. The van der Waals surface area contributed by atoms with Gasteiger partial charge in [0.25, 0.3) is 5.91 Å². The molecule has 0 aromatic heterocycles. The molecule has 2 aromatic carbocycles. The summed E-state index contributed by atoms with van der Waals surface area (Å²) < 4.78 is 18.9. The van der Waals surface area contributed by atoms with Crippen molar-refractivity contribution < 1.29 is 13.9 Å². The number of halogens is 1. The van der Waals surface area contributed by atoms with Crippen molar-refractivity contribution in [3.8, 4) is 5.75 Å². The lowest BCUT2D eigenvalue weighted by atomic mass is 10.2. The standard InChI is InChI=1S/C17H12FNO2S2/c1-21-14-7-3-6-13(10-14)19-16(20)15(23-17(19)22)9-11-4-2-5-12(18)8-11/h2-10H,1H3/b15-9-. The lowest BCUT2D eigenvalue weighted by Gasteiger charge is -2.15. The topological polar surface area (TPSA) is 29.5 Å². The average molecular weight is 345 g/mol. The Labute approximate surface area is 142 Å². The lowest BCUT2D eigenvalue weighted by Crippen LogP contribution is -2.27. The number of anilines is 1. The van der Waals surface area contributed by atoms with Crippen LogP contribution in [0.4, 0.5) is 10.1 Å². The molecule has 1 aliphatic heterocycles. The van der Waals surface area contributed by atoms with Crippen LogP contribution in [0.1, 0.15) is 5.56 Å². The highest BCUT2D eigenvalue weighted by Crippen LogP contribution is 2.36. The molecule has 1 amide bonds. The predicted octanol–water partition coefficient (Wildman–Crippen LogP) is 4.24. The van der Waals surface area contributed by atoms with Gasteiger partial charge in [0.2, 0.25) is 0 Å². The molecule has 0 unspecified atom stereocenters. The Kier molecular flexibility index (Phi) is 4.45. The Hall–Kier alpha value is -2.18. The van der Waals surface area contributed by atoms with Gasteiger partial charge in [-0.15, -0.1) is 0 Å². The molecule has 1 saturated heterocycles. The first-order valence-electron chi connectivity index (χ1n) is 6.76. The normalized spacial score (nSPS) is 16.3. The Bertz CT molecular complexity index is 820. The van der Waals surface area contributed by atoms with Gasteiger partial charge in [0.05, 0.1) is 17.7 Å². The second-order valence-corrected chi connectivity index (χ2v) is 6.45.